The average molecular weight is 429 g/mol. The van der Waals surface area contributed by atoms with Crippen LogP contribution in [0, 0.1) is 11.7 Å². The first kappa shape index (κ1) is 24.0. The number of benzene rings is 1. The van der Waals surface area contributed by atoms with Crippen LogP contribution in [-0.2, 0) is 4.79 Å². The van der Waals surface area contributed by atoms with Gasteiger partial charge in [-0.25, -0.2) is 4.39 Å². The van der Waals surface area contributed by atoms with Crippen molar-refractivity contribution in [2.75, 3.05) is 19.6 Å². The zero-order chi connectivity index (χ0) is 22.5. The number of piperidine rings is 1. The van der Waals surface area contributed by atoms with E-state index in [1.165, 1.54) is 6.07 Å². The zero-order valence-electron chi connectivity index (χ0n) is 17.8. The number of hydrogen-bond acceptors (Lipinski definition) is 4. The third kappa shape index (κ3) is 7.19. The van der Waals surface area contributed by atoms with Gasteiger partial charge in [0.25, 0.3) is 5.91 Å². The van der Waals surface area contributed by atoms with Crippen molar-refractivity contribution in [2.45, 2.75) is 58.7 Å². The summed E-state index contributed by atoms with van der Waals surface area (Å²) in [5, 5.41) is 5.75. The van der Waals surface area contributed by atoms with Gasteiger partial charge in [0.1, 0.15) is 0 Å². The number of alkyl halides is 2. The van der Waals surface area contributed by atoms with Crippen molar-refractivity contribution in [3.05, 3.63) is 29.6 Å². The normalized spacial score (nSPS) is 16.9. The van der Waals surface area contributed by atoms with Gasteiger partial charge in [0.15, 0.2) is 11.6 Å². The molecule has 2 N–H and O–H groups in total. The molecular formula is C21H30F3N3O3. The van der Waals surface area contributed by atoms with Crippen LogP contribution in [0.4, 0.5) is 13.2 Å². The van der Waals surface area contributed by atoms with Gasteiger partial charge in [-0.05, 0) is 77.7 Å². The molecule has 0 unspecified atom stereocenters. The second-order valence-corrected chi connectivity index (χ2v) is 8.63. The Morgan fingerprint density at radius 1 is 1.23 bits per heavy atom. The van der Waals surface area contributed by atoms with E-state index in [2.05, 4.69) is 20.3 Å². The maximum absolute atomic E-state index is 13.5. The van der Waals surface area contributed by atoms with E-state index < -0.39 is 24.1 Å². The lowest BCUT2D eigenvalue weighted by atomic mass is 9.95. The summed E-state index contributed by atoms with van der Waals surface area (Å²) in [7, 11) is 0. The Labute approximate surface area is 175 Å². The molecule has 9 heteroatoms. The highest BCUT2D eigenvalue weighted by molar-refractivity contribution is 5.94. The van der Waals surface area contributed by atoms with Gasteiger partial charge in [0, 0.05) is 17.6 Å². The monoisotopic (exact) mass is 429 g/mol. The Morgan fingerprint density at radius 2 is 1.87 bits per heavy atom. The first-order valence-corrected chi connectivity index (χ1v) is 10.0. The largest absolute Gasteiger partial charge is 0.432 e. The van der Waals surface area contributed by atoms with Gasteiger partial charge in [-0.1, -0.05) is 0 Å². The molecule has 1 aliphatic rings. The number of amides is 2. The van der Waals surface area contributed by atoms with E-state index in [4.69, 9.17) is 0 Å². The van der Waals surface area contributed by atoms with Gasteiger partial charge >= 0.3 is 6.61 Å². The topological polar surface area (TPSA) is 70.7 Å². The van der Waals surface area contributed by atoms with E-state index >= 15 is 0 Å². The van der Waals surface area contributed by atoms with Crippen LogP contribution in [-0.4, -0.2) is 54.5 Å². The number of halogens is 3. The fourth-order valence-electron chi connectivity index (χ4n) is 3.35. The summed E-state index contributed by atoms with van der Waals surface area (Å²) >= 11 is 0. The summed E-state index contributed by atoms with van der Waals surface area (Å²) in [4.78, 5) is 26.7. The molecule has 168 valence electrons. The Bertz CT molecular complexity index is 745. The molecule has 0 aliphatic carbocycles. The molecule has 0 radical (unpaired) electrons. The second-order valence-electron chi connectivity index (χ2n) is 8.63. The summed E-state index contributed by atoms with van der Waals surface area (Å²) in [6.07, 6.45) is 1.63. The molecule has 0 aromatic heterocycles. The SMILES string of the molecule is C[C@@H](C(=O)NC(C)(C)C)N1CCC(CNC(=O)c2ccc(F)c(OC(F)F)c2)CC1. The Balaban J connectivity index is 1.82. The third-order valence-corrected chi connectivity index (χ3v) is 5.04. The minimum atomic E-state index is -3.17. The summed E-state index contributed by atoms with van der Waals surface area (Å²) in [5.41, 5.74) is -0.230. The lowest BCUT2D eigenvalue weighted by Gasteiger charge is -2.36. The smallest absolute Gasteiger partial charge is 0.387 e. The maximum atomic E-state index is 13.5. The zero-order valence-corrected chi connectivity index (χ0v) is 17.8. The molecule has 6 nitrogen and oxygen atoms in total. The van der Waals surface area contributed by atoms with Crippen LogP contribution in [0.25, 0.3) is 0 Å². The van der Waals surface area contributed by atoms with Crippen LogP contribution in [0.3, 0.4) is 0 Å². The van der Waals surface area contributed by atoms with Crippen molar-refractivity contribution in [1.82, 2.24) is 15.5 Å². The molecule has 2 amide bonds. The minimum Gasteiger partial charge on any atom is -0.432 e. The number of hydrogen-bond donors (Lipinski definition) is 2. The van der Waals surface area contributed by atoms with Gasteiger partial charge in [0.05, 0.1) is 6.04 Å². The Morgan fingerprint density at radius 3 is 2.43 bits per heavy atom. The molecule has 0 bridgehead atoms. The number of nitrogens with one attached hydrogen (secondary N) is 2. The molecule has 1 atom stereocenters. The molecule has 1 aromatic rings. The summed E-state index contributed by atoms with van der Waals surface area (Å²) in [5.74, 6) is -1.86. The van der Waals surface area contributed by atoms with Gasteiger partial charge in [0.2, 0.25) is 5.91 Å². The molecule has 0 saturated carbocycles. The molecule has 1 fully saturated rings. The van der Waals surface area contributed by atoms with E-state index in [-0.39, 0.29) is 29.0 Å². The van der Waals surface area contributed by atoms with Gasteiger partial charge in [-0.15, -0.1) is 0 Å². The van der Waals surface area contributed by atoms with Crippen LogP contribution in [0.5, 0.6) is 5.75 Å². The first-order valence-electron chi connectivity index (χ1n) is 10.0. The van der Waals surface area contributed by atoms with E-state index in [1.54, 1.807) is 0 Å². The molecule has 1 heterocycles. The number of carbonyl (C=O) groups excluding carboxylic acids is 2. The number of carbonyl (C=O) groups is 2. The highest BCUT2D eigenvalue weighted by Crippen LogP contribution is 2.22. The highest BCUT2D eigenvalue weighted by Gasteiger charge is 2.28. The fourth-order valence-corrected chi connectivity index (χ4v) is 3.35. The van der Waals surface area contributed by atoms with Gasteiger partial charge in [-0.2, -0.15) is 8.78 Å². The van der Waals surface area contributed by atoms with E-state index in [0.717, 1.165) is 38.1 Å². The Kier molecular flexibility index (Phi) is 8.11. The van der Waals surface area contributed by atoms with Gasteiger partial charge < -0.3 is 15.4 Å². The minimum absolute atomic E-state index is 0.00705. The maximum Gasteiger partial charge on any atom is 0.387 e. The molecule has 30 heavy (non-hydrogen) atoms. The number of ether oxygens (including phenoxy) is 1. The van der Waals surface area contributed by atoms with Crippen molar-refractivity contribution < 1.29 is 27.5 Å². The number of likely N-dealkylation sites (tertiary alicyclic amines) is 1. The molecule has 0 spiro atoms. The summed E-state index contributed by atoms with van der Waals surface area (Å²) in [6.45, 7) is 6.43. The van der Waals surface area contributed by atoms with Crippen molar-refractivity contribution in [3.8, 4) is 5.75 Å². The molecule has 2 rings (SSSR count). The molecule has 1 aliphatic heterocycles. The van der Waals surface area contributed by atoms with Crippen molar-refractivity contribution in [2.24, 2.45) is 5.92 Å². The lowest BCUT2D eigenvalue weighted by molar-refractivity contribution is -0.127. The van der Waals surface area contributed by atoms with E-state index in [0.29, 0.717) is 6.54 Å². The quantitative estimate of drug-likeness (QED) is 0.699. The molecular weight excluding hydrogens is 399 g/mol. The Hall–Kier alpha value is -2.29. The van der Waals surface area contributed by atoms with Crippen LogP contribution < -0.4 is 15.4 Å². The highest BCUT2D eigenvalue weighted by atomic mass is 19.3. The van der Waals surface area contributed by atoms with Crippen LogP contribution in [0.2, 0.25) is 0 Å². The second kappa shape index (κ2) is 10.1. The molecule has 1 saturated heterocycles. The predicted molar refractivity (Wildman–Crippen MR) is 107 cm³/mol. The number of rotatable bonds is 7. The van der Waals surface area contributed by atoms with Crippen LogP contribution in [0.1, 0.15) is 50.9 Å². The van der Waals surface area contributed by atoms with Crippen LogP contribution >= 0.6 is 0 Å². The number of nitrogens with zero attached hydrogens (tertiary/aromatic N) is 1. The average Bonchev–Trinajstić information content (AvgIpc) is 2.66. The third-order valence-electron chi connectivity index (χ3n) is 5.04. The van der Waals surface area contributed by atoms with Crippen molar-refractivity contribution >= 4 is 11.8 Å². The summed E-state index contributed by atoms with van der Waals surface area (Å²) < 4.78 is 42.2. The van der Waals surface area contributed by atoms with Gasteiger partial charge in [-0.3, -0.25) is 14.5 Å². The fraction of sp³-hybridized carbons (Fsp3) is 0.619. The van der Waals surface area contributed by atoms with Crippen LogP contribution in [0.15, 0.2) is 18.2 Å². The first-order chi connectivity index (χ1) is 14.0. The standard InChI is InChI=1S/C21H30F3N3O3/c1-13(18(28)26-21(2,3)4)27-9-7-14(8-10-27)12-25-19(29)15-5-6-16(22)17(11-15)30-20(23)24/h5-6,11,13-14,20H,7-10,12H2,1-4H3,(H,25,29)(H,26,28)/t13-/m0/s1. The van der Waals surface area contributed by atoms with Crippen molar-refractivity contribution in [3.63, 3.8) is 0 Å². The predicted octanol–water partition coefficient (Wildman–Crippen LogP) is 3.17. The molecule has 1 aromatic carbocycles. The van der Waals surface area contributed by atoms with Crippen molar-refractivity contribution in [1.29, 1.82) is 0 Å². The lowest BCUT2D eigenvalue weighted by Crippen LogP contribution is -2.53. The van der Waals surface area contributed by atoms with E-state index in [1.807, 2.05) is 27.7 Å². The van der Waals surface area contributed by atoms with E-state index in [9.17, 15) is 22.8 Å². The summed E-state index contributed by atoms with van der Waals surface area (Å²) in [6, 6.07) is 2.89.